The van der Waals surface area contributed by atoms with Gasteiger partial charge in [-0.1, -0.05) is 26.0 Å². The van der Waals surface area contributed by atoms with Crippen LogP contribution in [-0.2, 0) is 6.54 Å². The lowest BCUT2D eigenvalue weighted by atomic mass is 10.2. The van der Waals surface area contributed by atoms with Crippen molar-refractivity contribution in [1.29, 1.82) is 0 Å². The molecule has 0 aromatic heterocycles. The van der Waals surface area contributed by atoms with E-state index in [-0.39, 0.29) is 0 Å². The first-order valence-corrected chi connectivity index (χ1v) is 5.62. The van der Waals surface area contributed by atoms with Crippen molar-refractivity contribution in [3.63, 3.8) is 0 Å². The van der Waals surface area contributed by atoms with E-state index in [0.29, 0.717) is 6.54 Å². The second-order valence-corrected chi connectivity index (χ2v) is 4.65. The summed E-state index contributed by atoms with van der Waals surface area (Å²) in [7, 11) is 0. The van der Waals surface area contributed by atoms with Gasteiger partial charge in [0.2, 0.25) is 0 Å². The molecule has 0 amide bonds. The lowest BCUT2D eigenvalue weighted by Crippen LogP contribution is -1.96. The van der Waals surface area contributed by atoms with E-state index in [9.17, 15) is 0 Å². The number of hydrogen-bond donors (Lipinski definition) is 1. The predicted molar refractivity (Wildman–Crippen MR) is 59.9 cm³/mol. The fourth-order valence-electron chi connectivity index (χ4n) is 1.03. The van der Waals surface area contributed by atoms with Gasteiger partial charge in [-0.15, -0.1) is 11.8 Å². The smallest absolute Gasteiger partial charge is 0.0178 e. The van der Waals surface area contributed by atoms with Gasteiger partial charge in [-0.2, -0.15) is 0 Å². The van der Waals surface area contributed by atoms with E-state index in [1.807, 2.05) is 11.8 Å². The van der Waals surface area contributed by atoms with Gasteiger partial charge in [0, 0.05) is 17.2 Å². The molecule has 0 unspecified atom stereocenters. The standard InChI is InChI=1S/C11H17NS/c1-9(2)8-13-11-5-3-4-10(6-11)7-12/h3-6,9H,7-8,12H2,1-2H3. The molecule has 13 heavy (non-hydrogen) atoms. The SMILES string of the molecule is CC(C)CSc1cccc(CN)c1. The first kappa shape index (κ1) is 10.6. The summed E-state index contributed by atoms with van der Waals surface area (Å²) in [4.78, 5) is 1.33. The normalized spacial score (nSPS) is 10.8. The summed E-state index contributed by atoms with van der Waals surface area (Å²) in [5.74, 6) is 1.92. The summed E-state index contributed by atoms with van der Waals surface area (Å²) in [6, 6.07) is 8.46. The third kappa shape index (κ3) is 3.83. The highest BCUT2D eigenvalue weighted by molar-refractivity contribution is 7.99. The number of nitrogens with two attached hydrogens (primary N) is 1. The minimum absolute atomic E-state index is 0.635. The number of hydrogen-bond acceptors (Lipinski definition) is 2. The monoisotopic (exact) mass is 195 g/mol. The molecule has 0 heterocycles. The Morgan fingerprint density at radius 1 is 1.38 bits per heavy atom. The molecule has 0 saturated heterocycles. The lowest BCUT2D eigenvalue weighted by Gasteiger charge is -2.05. The molecule has 1 aromatic rings. The van der Waals surface area contributed by atoms with E-state index in [1.54, 1.807) is 0 Å². The topological polar surface area (TPSA) is 26.0 Å². The quantitative estimate of drug-likeness (QED) is 0.748. The van der Waals surface area contributed by atoms with E-state index in [2.05, 4.69) is 38.1 Å². The average molecular weight is 195 g/mol. The van der Waals surface area contributed by atoms with Crippen LogP contribution in [-0.4, -0.2) is 5.75 Å². The Balaban J connectivity index is 2.56. The molecule has 2 N–H and O–H groups in total. The van der Waals surface area contributed by atoms with Gasteiger partial charge in [0.15, 0.2) is 0 Å². The van der Waals surface area contributed by atoms with Gasteiger partial charge >= 0.3 is 0 Å². The van der Waals surface area contributed by atoms with Crippen LogP contribution in [0.2, 0.25) is 0 Å². The van der Waals surface area contributed by atoms with Crippen molar-refractivity contribution in [2.75, 3.05) is 5.75 Å². The van der Waals surface area contributed by atoms with Crippen LogP contribution in [0.25, 0.3) is 0 Å². The highest BCUT2D eigenvalue weighted by Crippen LogP contribution is 2.21. The van der Waals surface area contributed by atoms with Crippen LogP contribution in [0.4, 0.5) is 0 Å². The number of benzene rings is 1. The van der Waals surface area contributed by atoms with Gasteiger partial charge in [-0.3, -0.25) is 0 Å². The maximum absolute atomic E-state index is 5.57. The van der Waals surface area contributed by atoms with Crippen LogP contribution < -0.4 is 5.73 Å². The minimum Gasteiger partial charge on any atom is -0.326 e. The molecule has 0 radical (unpaired) electrons. The molecule has 0 aliphatic rings. The van der Waals surface area contributed by atoms with E-state index >= 15 is 0 Å². The third-order valence-corrected chi connectivity index (χ3v) is 3.14. The van der Waals surface area contributed by atoms with E-state index < -0.39 is 0 Å². The Bertz CT molecular complexity index is 258. The third-order valence-electron chi connectivity index (χ3n) is 1.72. The van der Waals surface area contributed by atoms with Crippen molar-refractivity contribution < 1.29 is 0 Å². The summed E-state index contributed by atoms with van der Waals surface area (Å²) >= 11 is 1.90. The maximum Gasteiger partial charge on any atom is 0.0178 e. The highest BCUT2D eigenvalue weighted by atomic mass is 32.2. The molecular formula is C11H17NS. The van der Waals surface area contributed by atoms with Gasteiger partial charge < -0.3 is 5.73 Å². The Morgan fingerprint density at radius 3 is 2.77 bits per heavy atom. The molecule has 0 atom stereocenters. The molecule has 1 nitrogen and oxygen atoms in total. The fourth-order valence-corrected chi connectivity index (χ4v) is 1.96. The van der Waals surface area contributed by atoms with Crippen LogP contribution in [0.15, 0.2) is 29.2 Å². The molecule has 0 bridgehead atoms. The molecule has 1 aromatic carbocycles. The van der Waals surface area contributed by atoms with Crippen LogP contribution in [0.5, 0.6) is 0 Å². The summed E-state index contributed by atoms with van der Waals surface area (Å²) in [5.41, 5.74) is 6.78. The van der Waals surface area contributed by atoms with Gasteiger partial charge in [0.25, 0.3) is 0 Å². The van der Waals surface area contributed by atoms with E-state index in [0.717, 1.165) is 5.92 Å². The molecular weight excluding hydrogens is 178 g/mol. The van der Waals surface area contributed by atoms with E-state index in [4.69, 9.17) is 5.73 Å². The molecule has 0 spiro atoms. The number of thioether (sulfide) groups is 1. The van der Waals surface area contributed by atoms with Crippen LogP contribution >= 0.6 is 11.8 Å². The summed E-state index contributed by atoms with van der Waals surface area (Å²) in [6.45, 7) is 5.11. The maximum atomic E-state index is 5.57. The molecule has 0 aliphatic carbocycles. The summed E-state index contributed by atoms with van der Waals surface area (Å²) in [5, 5.41) is 0. The largest absolute Gasteiger partial charge is 0.326 e. The Morgan fingerprint density at radius 2 is 2.15 bits per heavy atom. The van der Waals surface area contributed by atoms with Crippen LogP contribution in [0.3, 0.4) is 0 Å². The first-order valence-electron chi connectivity index (χ1n) is 4.64. The summed E-state index contributed by atoms with van der Waals surface area (Å²) in [6.07, 6.45) is 0. The van der Waals surface area contributed by atoms with Crippen molar-refractivity contribution in [2.45, 2.75) is 25.3 Å². The van der Waals surface area contributed by atoms with Crippen molar-refractivity contribution in [1.82, 2.24) is 0 Å². The van der Waals surface area contributed by atoms with Crippen molar-refractivity contribution in [2.24, 2.45) is 11.7 Å². The van der Waals surface area contributed by atoms with Crippen molar-refractivity contribution >= 4 is 11.8 Å². The van der Waals surface area contributed by atoms with Crippen LogP contribution in [0, 0.1) is 5.92 Å². The molecule has 0 fully saturated rings. The van der Waals surface area contributed by atoms with Gasteiger partial charge in [0.05, 0.1) is 0 Å². The Hall–Kier alpha value is -0.470. The van der Waals surface area contributed by atoms with Crippen molar-refractivity contribution in [3.05, 3.63) is 29.8 Å². The Labute approximate surface area is 84.7 Å². The average Bonchev–Trinajstić information content (AvgIpc) is 2.15. The zero-order chi connectivity index (χ0) is 9.68. The molecule has 2 heteroatoms. The van der Waals surface area contributed by atoms with E-state index in [1.165, 1.54) is 16.2 Å². The Kier molecular flexibility index (Phi) is 4.33. The zero-order valence-corrected chi connectivity index (χ0v) is 9.10. The summed E-state index contributed by atoms with van der Waals surface area (Å²) < 4.78 is 0. The molecule has 0 saturated carbocycles. The lowest BCUT2D eigenvalue weighted by molar-refractivity contribution is 0.750. The predicted octanol–water partition coefficient (Wildman–Crippen LogP) is 2.89. The fraction of sp³-hybridized carbons (Fsp3) is 0.455. The highest BCUT2D eigenvalue weighted by Gasteiger charge is 1.97. The van der Waals surface area contributed by atoms with Gasteiger partial charge in [-0.25, -0.2) is 0 Å². The van der Waals surface area contributed by atoms with Crippen LogP contribution in [0.1, 0.15) is 19.4 Å². The number of rotatable bonds is 4. The zero-order valence-electron chi connectivity index (χ0n) is 8.29. The van der Waals surface area contributed by atoms with Gasteiger partial charge in [0.1, 0.15) is 0 Å². The second-order valence-electron chi connectivity index (χ2n) is 3.56. The molecule has 72 valence electrons. The van der Waals surface area contributed by atoms with Crippen molar-refractivity contribution in [3.8, 4) is 0 Å². The van der Waals surface area contributed by atoms with Gasteiger partial charge in [-0.05, 0) is 23.6 Å². The second kappa shape index (κ2) is 5.30. The molecule has 0 aliphatic heterocycles. The first-order chi connectivity index (χ1) is 6.22. The minimum atomic E-state index is 0.635. The molecule has 1 rings (SSSR count).